The molecule has 0 unspecified atom stereocenters. The van der Waals surface area contributed by atoms with E-state index in [4.69, 9.17) is 0 Å². The van der Waals surface area contributed by atoms with E-state index in [1.807, 2.05) is 36.4 Å². The Balaban J connectivity index is 2.27. The molecule has 2 atom stereocenters. The molecule has 120 valence electrons. The number of Topliss-reactive ketones (excluding diaryl/α,β-unsaturated/α-hetero) is 1. The average molecular weight is 308 g/mol. The second-order valence-corrected chi connectivity index (χ2v) is 7.44. The van der Waals surface area contributed by atoms with Crippen LogP contribution in [-0.4, -0.2) is 36.9 Å². The summed E-state index contributed by atoms with van der Waals surface area (Å²) < 4.78 is 0.751. The first-order valence-corrected chi connectivity index (χ1v) is 8.38. The van der Waals surface area contributed by atoms with Crippen molar-refractivity contribution in [1.82, 2.24) is 0 Å². The Morgan fingerprint density at radius 2 is 1.30 bits per heavy atom. The number of carbonyl (C=O) groups excluding carboxylic acids is 1. The van der Waals surface area contributed by atoms with Gasteiger partial charge in [-0.3, -0.25) is 4.79 Å². The molecule has 1 saturated heterocycles. The standard InChI is InChI=1S/C21H26NO/c1-16-15-22(3,4)17(2)20(23)21(16,18-11-7-5-8-12-18)19-13-9-6-10-14-19/h5-14,16-17H,15H2,1-4H3/q+1/t16-,17+/m1/s1. The lowest BCUT2D eigenvalue weighted by molar-refractivity contribution is -0.910. The van der Waals surface area contributed by atoms with E-state index in [0.29, 0.717) is 5.78 Å². The quantitative estimate of drug-likeness (QED) is 0.774. The molecule has 1 heterocycles. The molecule has 0 radical (unpaired) electrons. The fourth-order valence-electron chi connectivity index (χ4n) is 4.31. The van der Waals surface area contributed by atoms with Crippen molar-refractivity contribution in [3.05, 3.63) is 71.8 Å². The maximum absolute atomic E-state index is 13.7. The van der Waals surface area contributed by atoms with Gasteiger partial charge in [0.15, 0.2) is 0 Å². The van der Waals surface area contributed by atoms with Crippen LogP contribution in [0.4, 0.5) is 0 Å². The Morgan fingerprint density at radius 1 is 0.870 bits per heavy atom. The molecular weight excluding hydrogens is 282 g/mol. The van der Waals surface area contributed by atoms with Crippen LogP contribution in [0.5, 0.6) is 0 Å². The van der Waals surface area contributed by atoms with E-state index in [9.17, 15) is 4.79 Å². The van der Waals surface area contributed by atoms with E-state index in [1.54, 1.807) is 0 Å². The molecule has 0 amide bonds. The maximum Gasteiger partial charge on any atom is 0.204 e. The van der Waals surface area contributed by atoms with E-state index in [-0.39, 0.29) is 12.0 Å². The van der Waals surface area contributed by atoms with Gasteiger partial charge in [0.1, 0.15) is 6.04 Å². The monoisotopic (exact) mass is 308 g/mol. The third-order valence-corrected chi connectivity index (χ3v) is 5.76. The summed E-state index contributed by atoms with van der Waals surface area (Å²) in [6.07, 6.45) is 0. The predicted octanol–water partition coefficient (Wildman–Crippen LogP) is 3.66. The Hall–Kier alpha value is -1.93. The van der Waals surface area contributed by atoms with Gasteiger partial charge in [0.25, 0.3) is 0 Å². The molecule has 1 fully saturated rings. The Morgan fingerprint density at radius 3 is 1.74 bits per heavy atom. The smallest absolute Gasteiger partial charge is 0.204 e. The van der Waals surface area contributed by atoms with Crippen molar-refractivity contribution in [3.63, 3.8) is 0 Å². The van der Waals surface area contributed by atoms with Crippen molar-refractivity contribution in [2.75, 3.05) is 20.6 Å². The largest absolute Gasteiger partial charge is 0.320 e. The van der Waals surface area contributed by atoms with Gasteiger partial charge in [-0.2, -0.15) is 0 Å². The zero-order valence-corrected chi connectivity index (χ0v) is 14.5. The minimum absolute atomic E-state index is 0.0217. The molecular formula is C21H26NO+. The highest BCUT2D eigenvalue weighted by Gasteiger charge is 2.57. The van der Waals surface area contributed by atoms with Crippen LogP contribution in [0.3, 0.4) is 0 Å². The van der Waals surface area contributed by atoms with Gasteiger partial charge in [0, 0.05) is 5.92 Å². The third kappa shape index (κ3) is 2.33. The zero-order chi connectivity index (χ0) is 16.7. The number of ketones is 1. The average Bonchev–Trinajstić information content (AvgIpc) is 2.55. The SMILES string of the molecule is C[C@@H]1C[N+](C)(C)[C@@H](C)C(=O)C1(c1ccccc1)c1ccccc1. The number of rotatable bonds is 2. The van der Waals surface area contributed by atoms with Crippen LogP contribution in [0.15, 0.2) is 60.7 Å². The third-order valence-electron chi connectivity index (χ3n) is 5.76. The van der Waals surface area contributed by atoms with Gasteiger partial charge in [-0.05, 0) is 18.1 Å². The highest BCUT2D eigenvalue weighted by atomic mass is 16.1. The van der Waals surface area contributed by atoms with Crippen LogP contribution in [-0.2, 0) is 10.2 Å². The highest BCUT2D eigenvalue weighted by Crippen LogP contribution is 2.46. The van der Waals surface area contributed by atoms with Gasteiger partial charge in [-0.1, -0.05) is 67.6 Å². The minimum atomic E-state index is -0.546. The Labute approximate surface area is 139 Å². The molecule has 2 aromatic carbocycles. The van der Waals surface area contributed by atoms with Crippen LogP contribution in [0, 0.1) is 5.92 Å². The van der Waals surface area contributed by atoms with Gasteiger partial charge in [-0.15, -0.1) is 0 Å². The molecule has 0 aliphatic carbocycles. The number of hydrogen-bond donors (Lipinski definition) is 0. The summed E-state index contributed by atoms with van der Waals surface area (Å²) in [5.41, 5.74) is 1.70. The maximum atomic E-state index is 13.7. The van der Waals surface area contributed by atoms with Gasteiger partial charge in [0.2, 0.25) is 5.78 Å². The molecule has 1 aliphatic rings. The number of carbonyl (C=O) groups is 1. The van der Waals surface area contributed by atoms with Crippen molar-refractivity contribution < 1.29 is 9.28 Å². The van der Waals surface area contributed by atoms with E-state index in [2.05, 4.69) is 52.2 Å². The molecule has 2 nitrogen and oxygen atoms in total. The van der Waals surface area contributed by atoms with Crippen LogP contribution in [0.25, 0.3) is 0 Å². The Kier molecular flexibility index (Phi) is 3.89. The molecule has 0 bridgehead atoms. The second kappa shape index (κ2) is 5.61. The summed E-state index contributed by atoms with van der Waals surface area (Å²) in [6.45, 7) is 5.29. The summed E-state index contributed by atoms with van der Waals surface area (Å²) in [5, 5.41) is 0. The Bertz CT molecular complexity index is 651. The number of benzene rings is 2. The van der Waals surface area contributed by atoms with Crippen molar-refractivity contribution in [1.29, 1.82) is 0 Å². The minimum Gasteiger partial charge on any atom is -0.320 e. The number of likely N-dealkylation sites (tertiary alicyclic amines) is 1. The lowest BCUT2D eigenvalue weighted by atomic mass is 9.59. The first-order chi connectivity index (χ1) is 10.9. The molecule has 0 saturated carbocycles. The van der Waals surface area contributed by atoms with Crippen molar-refractivity contribution in [3.8, 4) is 0 Å². The van der Waals surface area contributed by atoms with E-state index >= 15 is 0 Å². The molecule has 2 aromatic rings. The summed E-state index contributed by atoms with van der Waals surface area (Å²) >= 11 is 0. The lowest BCUT2D eigenvalue weighted by Gasteiger charge is -2.51. The van der Waals surface area contributed by atoms with Gasteiger partial charge in [0.05, 0.1) is 26.1 Å². The molecule has 1 aliphatic heterocycles. The van der Waals surface area contributed by atoms with Crippen molar-refractivity contribution in [2.24, 2.45) is 5.92 Å². The van der Waals surface area contributed by atoms with Gasteiger partial charge >= 0.3 is 0 Å². The predicted molar refractivity (Wildman–Crippen MR) is 94.3 cm³/mol. The van der Waals surface area contributed by atoms with Crippen molar-refractivity contribution in [2.45, 2.75) is 25.3 Å². The van der Waals surface area contributed by atoms with Gasteiger partial charge in [-0.25, -0.2) is 0 Å². The van der Waals surface area contributed by atoms with Crippen LogP contribution in [0.2, 0.25) is 0 Å². The number of hydrogen-bond acceptors (Lipinski definition) is 1. The summed E-state index contributed by atoms with van der Waals surface area (Å²) in [6, 6.07) is 20.6. The molecule has 2 heteroatoms. The summed E-state index contributed by atoms with van der Waals surface area (Å²) in [7, 11) is 4.33. The molecule has 0 N–H and O–H groups in total. The zero-order valence-electron chi connectivity index (χ0n) is 14.5. The number of nitrogens with zero attached hydrogens (tertiary/aromatic N) is 1. The van der Waals surface area contributed by atoms with E-state index < -0.39 is 5.41 Å². The molecule has 0 aromatic heterocycles. The van der Waals surface area contributed by atoms with Gasteiger partial charge < -0.3 is 4.48 Å². The fourth-order valence-corrected chi connectivity index (χ4v) is 4.31. The molecule has 0 spiro atoms. The van der Waals surface area contributed by atoms with Crippen LogP contribution < -0.4 is 0 Å². The highest BCUT2D eigenvalue weighted by molar-refractivity contribution is 5.97. The number of piperidine rings is 1. The summed E-state index contributed by atoms with van der Waals surface area (Å²) in [4.78, 5) is 13.7. The number of likely N-dealkylation sites (N-methyl/N-ethyl adjacent to an activating group) is 1. The van der Waals surface area contributed by atoms with E-state index in [1.165, 1.54) is 0 Å². The van der Waals surface area contributed by atoms with E-state index in [0.717, 1.165) is 22.2 Å². The fraction of sp³-hybridized carbons (Fsp3) is 0.381. The van der Waals surface area contributed by atoms with Crippen molar-refractivity contribution >= 4 is 5.78 Å². The first kappa shape index (κ1) is 15.9. The first-order valence-electron chi connectivity index (χ1n) is 8.38. The normalized spacial score (nSPS) is 26.0. The van der Waals surface area contributed by atoms with Crippen LogP contribution in [0.1, 0.15) is 25.0 Å². The van der Waals surface area contributed by atoms with Crippen LogP contribution >= 0.6 is 0 Å². The lowest BCUT2D eigenvalue weighted by Crippen LogP contribution is -2.66. The topological polar surface area (TPSA) is 17.1 Å². The second-order valence-electron chi connectivity index (χ2n) is 7.44. The summed E-state index contributed by atoms with van der Waals surface area (Å²) in [5.74, 6) is 0.574. The molecule has 3 rings (SSSR count). The molecule has 23 heavy (non-hydrogen) atoms. The number of quaternary nitrogens is 1.